The summed E-state index contributed by atoms with van der Waals surface area (Å²) in [6, 6.07) is 7.81. The third kappa shape index (κ3) is 5.56. The third-order valence-electron chi connectivity index (χ3n) is 5.58. The van der Waals surface area contributed by atoms with Gasteiger partial charge in [0.05, 0.1) is 24.8 Å². The van der Waals surface area contributed by atoms with Gasteiger partial charge < -0.3 is 24.2 Å². The number of likely N-dealkylation sites (tertiary alicyclic amines) is 1. The van der Waals surface area contributed by atoms with Crippen molar-refractivity contribution in [2.24, 2.45) is 0 Å². The second-order valence-corrected chi connectivity index (χ2v) is 7.92. The molecule has 0 radical (unpaired) electrons. The van der Waals surface area contributed by atoms with Crippen LogP contribution in [0.15, 0.2) is 48.3 Å². The second-order valence-electron chi connectivity index (χ2n) is 7.92. The average molecular weight is 469 g/mol. The van der Waals surface area contributed by atoms with E-state index in [4.69, 9.17) is 14.2 Å². The molecule has 1 aliphatic rings. The van der Waals surface area contributed by atoms with Crippen molar-refractivity contribution < 1.29 is 28.9 Å². The maximum Gasteiger partial charge on any atom is 0.295 e. The molecule has 0 saturated carbocycles. The van der Waals surface area contributed by atoms with Gasteiger partial charge in [0.2, 0.25) is 0 Å². The van der Waals surface area contributed by atoms with Crippen molar-refractivity contribution in [2.45, 2.75) is 39.2 Å². The Morgan fingerprint density at radius 3 is 2.47 bits per heavy atom. The Morgan fingerprint density at radius 1 is 1.03 bits per heavy atom. The van der Waals surface area contributed by atoms with E-state index < -0.39 is 17.7 Å². The van der Waals surface area contributed by atoms with E-state index in [-0.39, 0.29) is 11.3 Å². The van der Waals surface area contributed by atoms with Crippen LogP contribution in [0.4, 0.5) is 0 Å². The number of Topliss-reactive ketones (excluding diaryl/α,β-unsaturated/α-hetero) is 1. The van der Waals surface area contributed by atoms with E-state index in [1.165, 1.54) is 17.3 Å². The number of aliphatic hydroxyl groups excluding tert-OH is 1. The lowest BCUT2D eigenvalue weighted by molar-refractivity contribution is -0.140. The van der Waals surface area contributed by atoms with Crippen molar-refractivity contribution >= 4 is 17.4 Å². The van der Waals surface area contributed by atoms with E-state index in [1.807, 2.05) is 13.0 Å². The number of aliphatic hydroxyl groups is 1. The van der Waals surface area contributed by atoms with Gasteiger partial charge in [0.1, 0.15) is 5.76 Å². The summed E-state index contributed by atoms with van der Waals surface area (Å²) in [4.78, 5) is 31.5. The molecule has 0 spiro atoms. The SMILES string of the molecule is CCCCOc1ccc(C2/C(=C(\O)c3ccncc3)C(=O)C(=O)N2CCCOC)cc1OCC. The van der Waals surface area contributed by atoms with Gasteiger partial charge in [-0.1, -0.05) is 19.4 Å². The van der Waals surface area contributed by atoms with Gasteiger partial charge in [0, 0.05) is 38.2 Å². The predicted octanol–water partition coefficient (Wildman–Crippen LogP) is 4.12. The normalized spacial score (nSPS) is 17.3. The van der Waals surface area contributed by atoms with E-state index in [9.17, 15) is 14.7 Å². The maximum atomic E-state index is 13.1. The molecular formula is C26H32N2O6. The number of ether oxygens (including phenoxy) is 3. The number of aromatic nitrogens is 1. The van der Waals surface area contributed by atoms with Crippen LogP contribution in [0.25, 0.3) is 5.76 Å². The number of nitrogens with zero attached hydrogens (tertiary/aromatic N) is 2. The summed E-state index contributed by atoms with van der Waals surface area (Å²) in [5, 5.41) is 11.1. The standard InChI is InChI=1S/C26H32N2O6/c1-4-6-16-34-20-9-8-19(17-21(20)33-5-2)23-22(24(29)18-10-12-27-13-11-18)25(30)26(31)28(23)14-7-15-32-3/h8-13,17,23,29H,4-7,14-16H2,1-3H3/b24-22+. The number of hydrogen-bond acceptors (Lipinski definition) is 7. The molecule has 1 aliphatic heterocycles. The van der Waals surface area contributed by atoms with Gasteiger partial charge in [-0.3, -0.25) is 14.6 Å². The Kier molecular flexibility index (Phi) is 9.04. The Morgan fingerprint density at radius 2 is 1.79 bits per heavy atom. The van der Waals surface area contributed by atoms with Gasteiger partial charge in [-0.05, 0) is 49.6 Å². The highest BCUT2D eigenvalue weighted by Crippen LogP contribution is 2.42. The molecule has 0 aliphatic carbocycles. The highest BCUT2D eigenvalue weighted by molar-refractivity contribution is 6.46. The lowest BCUT2D eigenvalue weighted by Crippen LogP contribution is -2.31. The Bertz CT molecular complexity index is 1020. The minimum Gasteiger partial charge on any atom is -0.507 e. The van der Waals surface area contributed by atoms with Gasteiger partial charge in [0.15, 0.2) is 11.5 Å². The summed E-state index contributed by atoms with van der Waals surface area (Å²) in [6.07, 6.45) is 5.51. The fourth-order valence-corrected chi connectivity index (χ4v) is 3.91. The lowest BCUT2D eigenvalue weighted by Gasteiger charge is -2.26. The first-order valence-corrected chi connectivity index (χ1v) is 11.6. The zero-order valence-electron chi connectivity index (χ0n) is 20.0. The predicted molar refractivity (Wildman–Crippen MR) is 128 cm³/mol. The number of ketones is 1. The molecule has 3 rings (SSSR count). The van der Waals surface area contributed by atoms with E-state index in [2.05, 4.69) is 11.9 Å². The molecule has 0 bridgehead atoms. The lowest BCUT2D eigenvalue weighted by atomic mass is 9.95. The highest BCUT2D eigenvalue weighted by atomic mass is 16.5. The molecule has 1 amide bonds. The zero-order valence-corrected chi connectivity index (χ0v) is 20.0. The number of amides is 1. The summed E-state index contributed by atoms with van der Waals surface area (Å²) in [5.74, 6) is -0.482. The molecule has 182 valence electrons. The summed E-state index contributed by atoms with van der Waals surface area (Å²) in [5.41, 5.74) is 1.11. The molecule has 2 aromatic rings. The first-order chi connectivity index (χ1) is 16.5. The van der Waals surface area contributed by atoms with E-state index in [0.717, 1.165) is 12.8 Å². The third-order valence-corrected chi connectivity index (χ3v) is 5.58. The number of methoxy groups -OCH3 is 1. The van der Waals surface area contributed by atoms with E-state index in [1.54, 1.807) is 31.4 Å². The quantitative estimate of drug-likeness (QED) is 0.217. The van der Waals surface area contributed by atoms with Crippen LogP contribution in [0.5, 0.6) is 11.5 Å². The number of carbonyl (C=O) groups is 2. The fourth-order valence-electron chi connectivity index (χ4n) is 3.91. The van der Waals surface area contributed by atoms with Crippen LogP contribution in [0.1, 0.15) is 50.3 Å². The van der Waals surface area contributed by atoms with Crippen LogP contribution in [0.2, 0.25) is 0 Å². The van der Waals surface area contributed by atoms with Gasteiger partial charge in [0.25, 0.3) is 11.7 Å². The highest BCUT2D eigenvalue weighted by Gasteiger charge is 2.46. The Hall–Kier alpha value is -3.39. The molecule has 1 N–H and O–H groups in total. The molecule has 8 nitrogen and oxygen atoms in total. The Labute approximate surface area is 200 Å². The summed E-state index contributed by atoms with van der Waals surface area (Å²) >= 11 is 0. The molecule has 1 unspecified atom stereocenters. The van der Waals surface area contributed by atoms with Crippen molar-refractivity contribution in [3.8, 4) is 11.5 Å². The van der Waals surface area contributed by atoms with Gasteiger partial charge in [-0.15, -0.1) is 0 Å². The minimum absolute atomic E-state index is 0.0377. The summed E-state index contributed by atoms with van der Waals surface area (Å²) in [6.45, 7) is 5.70. The number of carbonyl (C=O) groups excluding carboxylic acids is 2. The molecule has 1 fully saturated rings. The molecule has 1 aromatic heterocycles. The number of rotatable bonds is 12. The van der Waals surface area contributed by atoms with Crippen LogP contribution in [-0.2, 0) is 14.3 Å². The topological polar surface area (TPSA) is 98.2 Å². The van der Waals surface area contributed by atoms with Crippen molar-refractivity contribution in [3.05, 3.63) is 59.4 Å². The number of hydrogen-bond donors (Lipinski definition) is 1. The van der Waals surface area contributed by atoms with E-state index in [0.29, 0.717) is 55.4 Å². The van der Waals surface area contributed by atoms with Gasteiger partial charge in [-0.25, -0.2) is 0 Å². The van der Waals surface area contributed by atoms with E-state index >= 15 is 0 Å². The van der Waals surface area contributed by atoms with Crippen LogP contribution in [0, 0.1) is 0 Å². The van der Waals surface area contributed by atoms with Crippen LogP contribution < -0.4 is 9.47 Å². The molecule has 2 heterocycles. The minimum atomic E-state index is -0.770. The molecule has 34 heavy (non-hydrogen) atoms. The van der Waals surface area contributed by atoms with Gasteiger partial charge >= 0.3 is 0 Å². The summed E-state index contributed by atoms with van der Waals surface area (Å²) < 4.78 is 16.8. The monoisotopic (exact) mass is 468 g/mol. The number of pyridine rings is 1. The van der Waals surface area contributed by atoms with Crippen molar-refractivity contribution in [2.75, 3.05) is 33.5 Å². The molecule has 1 aromatic carbocycles. The van der Waals surface area contributed by atoms with Crippen LogP contribution in [-0.4, -0.2) is 60.2 Å². The van der Waals surface area contributed by atoms with Crippen molar-refractivity contribution in [1.82, 2.24) is 9.88 Å². The zero-order chi connectivity index (χ0) is 24.5. The first kappa shape index (κ1) is 25.2. The number of unbranched alkanes of at least 4 members (excludes halogenated alkanes) is 1. The smallest absolute Gasteiger partial charge is 0.295 e. The Balaban J connectivity index is 2.09. The summed E-state index contributed by atoms with van der Waals surface area (Å²) in [7, 11) is 1.58. The first-order valence-electron chi connectivity index (χ1n) is 11.6. The molecule has 8 heteroatoms. The van der Waals surface area contributed by atoms with Crippen molar-refractivity contribution in [1.29, 1.82) is 0 Å². The molecular weight excluding hydrogens is 436 g/mol. The largest absolute Gasteiger partial charge is 0.507 e. The maximum absolute atomic E-state index is 13.1. The molecule has 1 saturated heterocycles. The van der Waals surface area contributed by atoms with Gasteiger partial charge in [-0.2, -0.15) is 0 Å². The average Bonchev–Trinajstić information content (AvgIpc) is 3.10. The molecule has 1 atom stereocenters. The second kappa shape index (κ2) is 12.2. The van der Waals surface area contributed by atoms with Crippen molar-refractivity contribution in [3.63, 3.8) is 0 Å². The van der Waals surface area contributed by atoms with Crippen LogP contribution in [0.3, 0.4) is 0 Å². The van der Waals surface area contributed by atoms with Crippen LogP contribution >= 0.6 is 0 Å². The number of benzene rings is 1. The fraction of sp³-hybridized carbons (Fsp3) is 0.423.